The van der Waals surface area contributed by atoms with Crippen LogP contribution < -0.4 is 10.1 Å². The molecule has 1 aromatic carbocycles. The van der Waals surface area contributed by atoms with Crippen molar-refractivity contribution in [1.29, 1.82) is 0 Å². The molecule has 0 bridgehead atoms. The number of amides is 1. The summed E-state index contributed by atoms with van der Waals surface area (Å²) < 4.78 is 5.58. The van der Waals surface area contributed by atoms with Gasteiger partial charge in [-0.3, -0.25) is 4.79 Å². The number of anilines is 1. The topological polar surface area (TPSA) is 38.3 Å². The number of hydrogen-bond donors (Lipinski definition) is 1. The molecule has 1 aromatic rings. The molecule has 0 aliphatic heterocycles. The predicted octanol–water partition coefficient (Wildman–Crippen LogP) is 3.50. The Hall–Kier alpha value is -1.03. The Bertz CT molecular complexity index is 402. The average molecular weight is 300 g/mol. The van der Waals surface area contributed by atoms with Gasteiger partial charge in [0.05, 0.1) is 10.9 Å². The first kappa shape index (κ1) is 14.0. The Kier molecular flexibility index (Phi) is 5.00. The number of aryl methyl sites for hydroxylation is 1. The normalized spacial score (nSPS) is 12.4. The molecule has 1 unspecified atom stereocenters. The number of carbonyl (C=O) groups excluding carboxylic acids is 1. The Balaban J connectivity index is 2.79. The summed E-state index contributed by atoms with van der Waals surface area (Å²) in [6.45, 7) is 7.71. The second kappa shape index (κ2) is 6.05. The first-order valence-electron chi connectivity index (χ1n) is 5.62. The molecule has 1 N–H and O–H groups in total. The van der Waals surface area contributed by atoms with E-state index >= 15 is 0 Å². The van der Waals surface area contributed by atoms with E-state index in [1.54, 1.807) is 6.92 Å². The zero-order chi connectivity index (χ0) is 13.0. The van der Waals surface area contributed by atoms with Crippen LogP contribution in [0.5, 0.6) is 5.75 Å². The molecule has 0 aromatic heterocycles. The molecule has 0 spiro atoms. The van der Waals surface area contributed by atoms with Crippen molar-refractivity contribution < 1.29 is 9.53 Å². The molecule has 0 aliphatic rings. The highest BCUT2D eigenvalue weighted by Crippen LogP contribution is 2.22. The molecule has 94 valence electrons. The number of ether oxygens (including phenoxy) is 1. The van der Waals surface area contributed by atoms with E-state index < -0.39 is 0 Å². The third-order valence-corrected chi connectivity index (χ3v) is 2.60. The van der Waals surface area contributed by atoms with Crippen LogP contribution in [0.1, 0.15) is 26.3 Å². The van der Waals surface area contributed by atoms with Crippen LogP contribution in [0.25, 0.3) is 0 Å². The van der Waals surface area contributed by atoms with Crippen molar-refractivity contribution in [3.05, 3.63) is 23.8 Å². The Morgan fingerprint density at radius 2 is 2.00 bits per heavy atom. The SMILES string of the molecule is Cc1cc(OC(C)C)ccc1NC(=O)C(C)Br. The van der Waals surface area contributed by atoms with Gasteiger partial charge in [-0.05, 0) is 51.5 Å². The van der Waals surface area contributed by atoms with Crippen molar-refractivity contribution in [2.24, 2.45) is 0 Å². The van der Waals surface area contributed by atoms with Gasteiger partial charge < -0.3 is 10.1 Å². The lowest BCUT2D eigenvalue weighted by molar-refractivity contribution is -0.115. The Morgan fingerprint density at radius 3 is 2.47 bits per heavy atom. The zero-order valence-electron chi connectivity index (χ0n) is 10.6. The average Bonchev–Trinajstić information content (AvgIpc) is 2.20. The molecule has 1 rings (SSSR count). The van der Waals surface area contributed by atoms with Crippen molar-refractivity contribution in [3.63, 3.8) is 0 Å². The summed E-state index contributed by atoms with van der Waals surface area (Å²) in [6.07, 6.45) is 0.150. The molecule has 0 heterocycles. The summed E-state index contributed by atoms with van der Waals surface area (Å²) in [5.74, 6) is 0.771. The van der Waals surface area contributed by atoms with E-state index in [9.17, 15) is 4.79 Å². The Morgan fingerprint density at radius 1 is 1.35 bits per heavy atom. The summed E-state index contributed by atoms with van der Waals surface area (Å²) in [7, 11) is 0. The summed E-state index contributed by atoms with van der Waals surface area (Å²) >= 11 is 3.23. The standard InChI is InChI=1S/C13H18BrNO2/c1-8(2)17-11-5-6-12(9(3)7-11)15-13(16)10(4)14/h5-8,10H,1-4H3,(H,15,16). The van der Waals surface area contributed by atoms with E-state index in [0.29, 0.717) is 0 Å². The second-order valence-electron chi connectivity index (χ2n) is 4.25. The van der Waals surface area contributed by atoms with Gasteiger partial charge in [0.25, 0.3) is 0 Å². The minimum atomic E-state index is -0.200. The van der Waals surface area contributed by atoms with Gasteiger partial charge >= 0.3 is 0 Å². The van der Waals surface area contributed by atoms with E-state index in [1.165, 1.54) is 0 Å². The summed E-state index contributed by atoms with van der Waals surface area (Å²) in [5, 5.41) is 2.85. The van der Waals surface area contributed by atoms with E-state index in [0.717, 1.165) is 17.0 Å². The van der Waals surface area contributed by atoms with Crippen LogP contribution in [0.2, 0.25) is 0 Å². The van der Waals surface area contributed by atoms with Crippen LogP contribution in [0.3, 0.4) is 0 Å². The summed E-state index contributed by atoms with van der Waals surface area (Å²) in [6, 6.07) is 5.65. The number of hydrogen-bond acceptors (Lipinski definition) is 2. The molecule has 0 aliphatic carbocycles. The molecule has 1 amide bonds. The van der Waals surface area contributed by atoms with Crippen LogP contribution >= 0.6 is 15.9 Å². The molecule has 17 heavy (non-hydrogen) atoms. The molecule has 0 fully saturated rings. The third-order valence-electron chi connectivity index (χ3n) is 2.19. The second-order valence-corrected chi connectivity index (χ2v) is 5.62. The molecule has 1 atom stereocenters. The fourth-order valence-corrected chi connectivity index (χ4v) is 1.47. The number of nitrogens with one attached hydrogen (secondary N) is 1. The maximum absolute atomic E-state index is 11.5. The molecule has 0 saturated heterocycles. The number of carbonyl (C=O) groups is 1. The predicted molar refractivity (Wildman–Crippen MR) is 74.0 cm³/mol. The Labute approximate surface area is 111 Å². The van der Waals surface area contributed by atoms with Gasteiger partial charge in [-0.1, -0.05) is 15.9 Å². The van der Waals surface area contributed by atoms with E-state index in [2.05, 4.69) is 21.2 Å². The van der Waals surface area contributed by atoms with Gasteiger partial charge in [0.1, 0.15) is 5.75 Å². The monoisotopic (exact) mass is 299 g/mol. The number of alkyl halides is 1. The lowest BCUT2D eigenvalue weighted by Crippen LogP contribution is -2.20. The fourth-order valence-electron chi connectivity index (χ4n) is 1.35. The molecule has 3 nitrogen and oxygen atoms in total. The number of halogens is 1. The largest absolute Gasteiger partial charge is 0.491 e. The smallest absolute Gasteiger partial charge is 0.237 e. The molecule has 4 heteroatoms. The highest BCUT2D eigenvalue weighted by atomic mass is 79.9. The number of benzene rings is 1. The first-order valence-corrected chi connectivity index (χ1v) is 6.54. The minimum Gasteiger partial charge on any atom is -0.491 e. The van der Waals surface area contributed by atoms with Crippen LogP contribution in [0.15, 0.2) is 18.2 Å². The zero-order valence-corrected chi connectivity index (χ0v) is 12.2. The van der Waals surface area contributed by atoms with Crippen molar-refractivity contribution in [1.82, 2.24) is 0 Å². The summed E-state index contributed by atoms with van der Waals surface area (Å²) in [4.78, 5) is 11.3. The molecular formula is C13H18BrNO2. The molecule has 0 radical (unpaired) electrons. The van der Waals surface area contributed by atoms with Crippen LogP contribution in [-0.4, -0.2) is 16.8 Å². The summed E-state index contributed by atoms with van der Waals surface area (Å²) in [5.41, 5.74) is 1.81. The van der Waals surface area contributed by atoms with Gasteiger partial charge in [0.15, 0.2) is 0 Å². The lowest BCUT2D eigenvalue weighted by atomic mass is 10.2. The van der Waals surface area contributed by atoms with Gasteiger partial charge in [-0.25, -0.2) is 0 Å². The van der Waals surface area contributed by atoms with Crippen LogP contribution in [0, 0.1) is 6.92 Å². The van der Waals surface area contributed by atoms with Gasteiger partial charge in [0.2, 0.25) is 5.91 Å². The van der Waals surface area contributed by atoms with Crippen LogP contribution in [0.4, 0.5) is 5.69 Å². The third kappa shape index (κ3) is 4.38. The first-order chi connectivity index (χ1) is 7.90. The van der Waals surface area contributed by atoms with Gasteiger partial charge in [0, 0.05) is 5.69 Å². The van der Waals surface area contributed by atoms with Gasteiger partial charge in [-0.15, -0.1) is 0 Å². The van der Waals surface area contributed by atoms with Gasteiger partial charge in [-0.2, -0.15) is 0 Å². The van der Waals surface area contributed by atoms with Crippen molar-refractivity contribution in [2.75, 3.05) is 5.32 Å². The van der Waals surface area contributed by atoms with Crippen molar-refractivity contribution >= 4 is 27.5 Å². The van der Waals surface area contributed by atoms with E-state index in [4.69, 9.17) is 4.74 Å². The van der Waals surface area contributed by atoms with E-state index in [-0.39, 0.29) is 16.8 Å². The maximum Gasteiger partial charge on any atom is 0.237 e. The highest BCUT2D eigenvalue weighted by Gasteiger charge is 2.10. The lowest BCUT2D eigenvalue weighted by Gasteiger charge is -2.13. The quantitative estimate of drug-likeness (QED) is 0.864. The van der Waals surface area contributed by atoms with Crippen molar-refractivity contribution in [3.8, 4) is 5.75 Å². The highest BCUT2D eigenvalue weighted by molar-refractivity contribution is 9.10. The molecular weight excluding hydrogens is 282 g/mol. The fraction of sp³-hybridized carbons (Fsp3) is 0.462. The maximum atomic E-state index is 11.5. The van der Waals surface area contributed by atoms with Crippen molar-refractivity contribution in [2.45, 2.75) is 38.6 Å². The molecule has 0 saturated carbocycles. The van der Waals surface area contributed by atoms with Crippen LogP contribution in [-0.2, 0) is 4.79 Å². The minimum absolute atomic E-state index is 0.0503. The van der Waals surface area contributed by atoms with E-state index in [1.807, 2.05) is 39.0 Å². The number of rotatable bonds is 4.